The molecular weight excluding hydrogens is 316 g/mol. The maximum atomic E-state index is 11.4. The van der Waals surface area contributed by atoms with Crippen molar-refractivity contribution in [3.8, 4) is 0 Å². The van der Waals surface area contributed by atoms with E-state index in [4.69, 9.17) is 0 Å². The zero-order valence-corrected chi connectivity index (χ0v) is 13.3. The monoisotopic (exact) mass is 332 g/mol. The van der Waals surface area contributed by atoms with Gasteiger partial charge in [-0.2, -0.15) is 0 Å². The van der Waals surface area contributed by atoms with Gasteiger partial charge in [-0.25, -0.2) is 4.79 Å². The van der Waals surface area contributed by atoms with Crippen molar-refractivity contribution in [3.63, 3.8) is 0 Å². The van der Waals surface area contributed by atoms with Gasteiger partial charge in [0.15, 0.2) is 0 Å². The summed E-state index contributed by atoms with van der Waals surface area (Å²) in [5.41, 5.74) is 2.94. The maximum absolute atomic E-state index is 11.4. The summed E-state index contributed by atoms with van der Waals surface area (Å²) >= 11 is 0. The van der Waals surface area contributed by atoms with Gasteiger partial charge in [-0.15, -0.1) is 0 Å². The standard InChI is InChI=1S/C21H16O4/c22-12-17-18-10-9-16(13-5-2-1-3-6-13)19(17)21(18,25)15-8-4-7-14(11-15)20(23)24/h1-11,22,25H,12H2,(H,23,24). The molecule has 3 N–H and O–H groups in total. The summed E-state index contributed by atoms with van der Waals surface area (Å²) < 4.78 is 0. The Labute approximate surface area is 144 Å². The molecule has 25 heavy (non-hydrogen) atoms. The number of carbonyl (C=O) groups is 1. The van der Waals surface area contributed by atoms with Crippen molar-refractivity contribution in [2.24, 2.45) is 0 Å². The van der Waals surface area contributed by atoms with Crippen LogP contribution in [0.1, 0.15) is 21.5 Å². The third-order valence-electron chi connectivity index (χ3n) is 4.83. The van der Waals surface area contributed by atoms with Gasteiger partial charge in [0.2, 0.25) is 0 Å². The van der Waals surface area contributed by atoms with E-state index in [-0.39, 0.29) is 12.2 Å². The summed E-state index contributed by atoms with van der Waals surface area (Å²) in [5, 5.41) is 30.4. The fourth-order valence-electron chi connectivity index (χ4n) is 3.67. The van der Waals surface area contributed by atoms with Crippen LogP contribution < -0.4 is 0 Å². The molecule has 0 heterocycles. The number of aliphatic hydroxyl groups is 2. The van der Waals surface area contributed by atoms with Crippen molar-refractivity contribution >= 4 is 11.5 Å². The van der Waals surface area contributed by atoms with Crippen molar-refractivity contribution < 1.29 is 20.1 Å². The Hall–Kier alpha value is -2.95. The maximum Gasteiger partial charge on any atom is 0.335 e. The summed E-state index contributed by atoms with van der Waals surface area (Å²) in [6.07, 6.45) is 3.73. The number of benzene rings is 2. The molecule has 0 amide bonds. The van der Waals surface area contributed by atoms with Crippen LogP contribution in [-0.2, 0) is 5.60 Å². The van der Waals surface area contributed by atoms with Gasteiger partial charge in [0.05, 0.1) is 12.2 Å². The molecule has 1 atom stereocenters. The summed E-state index contributed by atoms with van der Waals surface area (Å²) in [4.78, 5) is 11.3. The molecule has 2 aromatic carbocycles. The summed E-state index contributed by atoms with van der Waals surface area (Å²) in [6.45, 7) is -0.174. The molecule has 2 aromatic rings. The minimum atomic E-state index is -1.40. The van der Waals surface area contributed by atoms with E-state index in [9.17, 15) is 20.1 Å². The van der Waals surface area contributed by atoms with E-state index >= 15 is 0 Å². The second-order valence-electron chi connectivity index (χ2n) is 6.13. The molecule has 1 unspecified atom stereocenters. The predicted molar refractivity (Wildman–Crippen MR) is 93.9 cm³/mol. The van der Waals surface area contributed by atoms with E-state index in [0.29, 0.717) is 22.3 Å². The van der Waals surface area contributed by atoms with Gasteiger partial charge in [0, 0.05) is 5.57 Å². The predicted octanol–water partition coefficient (Wildman–Crippen LogP) is 2.90. The number of rotatable bonds is 4. The molecule has 4 heteroatoms. The van der Waals surface area contributed by atoms with Crippen LogP contribution >= 0.6 is 0 Å². The molecule has 2 aliphatic rings. The first-order valence-electron chi connectivity index (χ1n) is 7.96. The highest BCUT2D eigenvalue weighted by Gasteiger charge is 2.52. The van der Waals surface area contributed by atoms with Gasteiger partial charge in [0.1, 0.15) is 5.60 Å². The van der Waals surface area contributed by atoms with E-state index in [1.807, 2.05) is 36.4 Å². The Bertz CT molecular complexity index is 966. The number of allylic oxidation sites excluding steroid dienone is 2. The van der Waals surface area contributed by atoms with E-state index < -0.39 is 11.6 Å². The Balaban J connectivity index is 1.87. The molecule has 0 aliphatic heterocycles. The lowest BCUT2D eigenvalue weighted by atomic mass is 9.59. The third-order valence-corrected chi connectivity index (χ3v) is 4.83. The van der Waals surface area contributed by atoms with Crippen molar-refractivity contribution in [2.75, 3.05) is 6.61 Å². The molecule has 0 aromatic heterocycles. The first-order valence-corrected chi connectivity index (χ1v) is 7.96. The van der Waals surface area contributed by atoms with Crippen LogP contribution in [-0.4, -0.2) is 27.9 Å². The second kappa shape index (κ2) is 5.55. The van der Waals surface area contributed by atoms with Gasteiger partial charge in [-0.1, -0.05) is 54.6 Å². The molecule has 4 nitrogen and oxygen atoms in total. The zero-order valence-electron chi connectivity index (χ0n) is 13.3. The quantitative estimate of drug-likeness (QED) is 0.804. The average Bonchev–Trinajstić information content (AvgIpc) is 2.67. The second-order valence-corrected chi connectivity index (χ2v) is 6.13. The number of fused-ring (bicyclic) bond motifs is 2. The Kier molecular flexibility index (Phi) is 3.46. The lowest BCUT2D eigenvalue weighted by Crippen LogP contribution is -2.44. The zero-order chi connectivity index (χ0) is 17.6. The van der Waals surface area contributed by atoms with Crippen LogP contribution in [0.15, 0.2) is 83.5 Å². The Morgan fingerprint density at radius 1 is 1.00 bits per heavy atom. The molecule has 4 rings (SSSR count). The summed E-state index contributed by atoms with van der Waals surface area (Å²) in [6, 6.07) is 15.9. The molecule has 0 saturated heterocycles. The molecule has 124 valence electrons. The normalized spacial score (nSPS) is 21.4. The third kappa shape index (κ3) is 2.12. The molecule has 0 radical (unpaired) electrons. The number of hydrogen-bond donors (Lipinski definition) is 3. The Morgan fingerprint density at radius 2 is 1.76 bits per heavy atom. The van der Waals surface area contributed by atoms with E-state index in [1.165, 1.54) is 12.1 Å². The van der Waals surface area contributed by atoms with Gasteiger partial charge in [-0.05, 0) is 40.0 Å². The van der Waals surface area contributed by atoms with E-state index in [1.54, 1.807) is 18.2 Å². The van der Waals surface area contributed by atoms with Gasteiger partial charge >= 0.3 is 5.97 Å². The first kappa shape index (κ1) is 15.6. The number of carboxylic acids is 1. The first-order chi connectivity index (χ1) is 12.1. The molecule has 0 fully saturated rings. The molecule has 2 bridgehead atoms. The molecular formula is C21H16O4. The van der Waals surface area contributed by atoms with Crippen molar-refractivity contribution in [2.45, 2.75) is 5.60 Å². The number of hydrogen-bond acceptors (Lipinski definition) is 3. The minimum absolute atomic E-state index is 0.118. The average molecular weight is 332 g/mol. The number of aliphatic hydroxyl groups excluding tert-OH is 1. The fourth-order valence-corrected chi connectivity index (χ4v) is 3.67. The summed E-state index contributed by atoms with van der Waals surface area (Å²) in [7, 11) is 0. The van der Waals surface area contributed by atoms with Gasteiger partial charge in [-0.3, -0.25) is 0 Å². The van der Waals surface area contributed by atoms with Crippen molar-refractivity contribution in [1.29, 1.82) is 0 Å². The largest absolute Gasteiger partial charge is 0.478 e. The molecule has 2 aliphatic carbocycles. The van der Waals surface area contributed by atoms with Crippen LogP contribution in [0.4, 0.5) is 0 Å². The number of carboxylic acid groups (broad SMARTS) is 1. The van der Waals surface area contributed by atoms with E-state index in [2.05, 4.69) is 0 Å². The SMILES string of the molecule is O=C(O)c1cccc(C2(O)c3ccc(-c4ccccc4)c2c3CO)c1. The van der Waals surface area contributed by atoms with E-state index in [0.717, 1.165) is 11.1 Å². The van der Waals surface area contributed by atoms with Crippen molar-refractivity contribution in [1.82, 2.24) is 0 Å². The fraction of sp³-hybridized carbons (Fsp3) is 0.0952. The smallest absolute Gasteiger partial charge is 0.335 e. The van der Waals surface area contributed by atoms with Crippen LogP contribution in [0, 0.1) is 0 Å². The topological polar surface area (TPSA) is 77.8 Å². The van der Waals surface area contributed by atoms with Crippen LogP contribution in [0.2, 0.25) is 0 Å². The van der Waals surface area contributed by atoms with Crippen LogP contribution in [0.25, 0.3) is 5.57 Å². The lowest BCUT2D eigenvalue weighted by Gasteiger charge is -2.48. The highest BCUT2D eigenvalue weighted by molar-refractivity contribution is 5.94. The highest BCUT2D eigenvalue weighted by Crippen LogP contribution is 2.58. The van der Waals surface area contributed by atoms with Crippen LogP contribution in [0.5, 0.6) is 0 Å². The van der Waals surface area contributed by atoms with Crippen LogP contribution in [0.3, 0.4) is 0 Å². The minimum Gasteiger partial charge on any atom is -0.478 e. The van der Waals surface area contributed by atoms with Crippen molar-refractivity contribution in [3.05, 3.63) is 100 Å². The lowest BCUT2D eigenvalue weighted by molar-refractivity contribution is 0.0695. The highest BCUT2D eigenvalue weighted by atomic mass is 16.4. The molecule has 0 saturated carbocycles. The van der Waals surface area contributed by atoms with Gasteiger partial charge < -0.3 is 15.3 Å². The molecule has 0 spiro atoms. The Morgan fingerprint density at radius 3 is 2.44 bits per heavy atom. The van der Waals surface area contributed by atoms with Gasteiger partial charge in [0.25, 0.3) is 0 Å². The summed E-state index contributed by atoms with van der Waals surface area (Å²) in [5.74, 6) is -1.04. The number of aromatic carboxylic acids is 1.